The van der Waals surface area contributed by atoms with Crippen LogP contribution in [-0.4, -0.2) is 25.6 Å². The van der Waals surface area contributed by atoms with Crippen LogP contribution in [0.3, 0.4) is 0 Å². The van der Waals surface area contributed by atoms with Crippen LogP contribution in [0.4, 0.5) is 11.4 Å². The third kappa shape index (κ3) is 8.97. The van der Waals surface area contributed by atoms with Crippen molar-refractivity contribution in [1.29, 1.82) is 0 Å². The first-order valence-electron chi connectivity index (χ1n) is 17.9. The molecule has 1 aromatic heterocycles. The summed E-state index contributed by atoms with van der Waals surface area (Å²) < 4.78 is 4.08. The van der Waals surface area contributed by atoms with E-state index in [-0.39, 0.29) is 13.1 Å². The van der Waals surface area contributed by atoms with Crippen molar-refractivity contribution in [2.24, 2.45) is 0 Å². The molecule has 7 rings (SSSR count). The van der Waals surface area contributed by atoms with Crippen molar-refractivity contribution in [1.82, 2.24) is 4.98 Å². The van der Waals surface area contributed by atoms with Crippen LogP contribution in [-0.2, 0) is 13.1 Å². The fourth-order valence-corrected chi connectivity index (χ4v) is 7.00. The van der Waals surface area contributed by atoms with Crippen LogP contribution in [0.1, 0.15) is 36.4 Å². The summed E-state index contributed by atoms with van der Waals surface area (Å²) >= 11 is 0.194. The summed E-state index contributed by atoms with van der Waals surface area (Å²) in [6, 6.07) is 57.4. The van der Waals surface area contributed by atoms with E-state index in [1.807, 2.05) is 9.15 Å². The quantitative estimate of drug-likeness (QED) is 0.0648. The van der Waals surface area contributed by atoms with Crippen molar-refractivity contribution < 1.29 is 22.3 Å². The third-order valence-electron chi connectivity index (χ3n) is 9.82. The van der Waals surface area contributed by atoms with E-state index in [1.54, 1.807) is 0 Å². The van der Waals surface area contributed by atoms with Crippen LogP contribution in [0.2, 0.25) is 0 Å². The maximum atomic E-state index is 5.22. The number of aromatic nitrogens is 1. The first kappa shape index (κ1) is 39.3. The fourth-order valence-electron chi connectivity index (χ4n) is 7.00. The Kier molecular flexibility index (Phi) is 13.1. The Morgan fingerprint density at radius 3 is 1.09 bits per heavy atom. The topological polar surface area (TPSA) is 18.9 Å². The Morgan fingerprint density at radius 1 is 0.455 bits per heavy atom. The summed E-state index contributed by atoms with van der Waals surface area (Å²) in [6.45, 7) is 8.51. The van der Waals surface area contributed by atoms with Crippen molar-refractivity contribution in [2.75, 3.05) is 0 Å². The van der Waals surface area contributed by atoms with Gasteiger partial charge in [0.2, 0.25) is 0 Å². The molecule has 7 aromatic rings. The number of benzene rings is 6. The van der Waals surface area contributed by atoms with Crippen molar-refractivity contribution in [3.63, 3.8) is 0 Å². The van der Waals surface area contributed by atoms with Crippen LogP contribution in [0.25, 0.3) is 44.5 Å². The maximum absolute atomic E-state index is 5.22. The monoisotopic (exact) mass is 799 g/mol. The van der Waals surface area contributed by atoms with Crippen LogP contribution in [0.15, 0.2) is 164 Å². The van der Waals surface area contributed by atoms with Gasteiger partial charge in [0.1, 0.15) is 22.8 Å². The number of nitrogens with zero attached hydrogens (tertiary/aromatic N) is 3. The molecule has 0 spiro atoms. The number of halogens is 2. The van der Waals surface area contributed by atoms with Crippen LogP contribution in [0.5, 0.6) is 0 Å². The number of hydrogen-bond donors (Lipinski definition) is 0. The molecule has 6 heteroatoms. The second-order valence-corrected chi connectivity index (χ2v) is 15.2. The average Bonchev–Trinajstić information content (AvgIpc) is 3.23. The molecule has 0 saturated heterocycles. The van der Waals surface area contributed by atoms with E-state index in [2.05, 4.69) is 206 Å². The molecule has 3 nitrogen and oxygen atoms in total. The molecule has 55 heavy (non-hydrogen) atoms. The van der Waals surface area contributed by atoms with E-state index in [9.17, 15) is 0 Å². The van der Waals surface area contributed by atoms with Gasteiger partial charge in [0.15, 0.2) is 0 Å². The average molecular weight is 801 g/mol. The predicted octanol–water partition coefficient (Wildman–Crippen LogP) is 13.6. The van der Waals surface area contributed by atoms with Gasteiger partial charge in [0.05, 0.1) is 11.4 Å². The van der Waals surface area contributed by atoms with Gasteiger partial charge in [-0.3, -0.25) is 4.98 Å². The Morgan fingerprint density at radius 2 is 0.764 bits per heavy atom. The van der Waals surface area contributed by atoms with Crippen molar-refractivity contribution in [3.05, 3.63) is 200 Å². The molecular weight excluding hydrogens is 757 g/mol. The summed E-state index contributed by atoms with van der Waals surface area (Å²) in [7, 11) is 18.7. The van der Waals surface area contributed by atoms with Crippen molar-refractivity contribution in [3.8, 4) is 44.5 Å². The minimum atomic E-state index is 0.194. The fraction of sp³-hybridized carbons (Fsp3) is 0.0816. The van der Waals surface area contributed by atoms with Gasteiger partial charge >= 0.3 is 33.3 Å². The van der Waals surface area contributed by atoms with Gasteiger partial charge in [-0.05, 0) is 95.5 Å². The zero-order chi connectivity index (χ0) is 38.9. The standard InChI is InChI=1S/C49H43N3.2ClH.Fe/c1-34-30-42(38-20-11-7-12-21-38)32-44(40-24-15-9-16-25-40)48(34)51(5)36(3)46-28-19-29-47(50-46)37(4)52(6)49-35(2)31-43(39-22-13-8-14-23-39)33-45(49)41-26-17-10-18-27-41;;;/h7-33H,5-6H2,1-4H3;2*1H;/q;;;+2/p-2. The Labute approximate surface area is 340 Å². The predicted molar refractivity (Wildman–Crippen MR) is 230 cm³/mol. The summed E-state index contributed by atoms with van der Waals surface area (Å²) in [5, 5.41) is 0. The normalized spacial score (nSPS) is 12.0. The molecule has 0 saturated carbocycles. The Hall–Kier alpha value is -5.35. The zero-order valence-electron chi connectivity index (χ0n) is 31.5. The number of hydrogen-bond acceptors (Lipinski definition) is 1. The van der Waals surface area contributed by atoms with Gasteiger partial charge < -0.3 is 9.15 Å². The number of rotatable bonds is 8. The molecule has 276 valence electrons. The van der Waals surface area contributed by atoms with E-state index in [0.29, 0.717) is 0 Å². The Bertz CT molecular complexity index is 2290. The van der Waals surface area contributed by atoms with Crippen LogP contribution >= 0.6 is 20.2 Å². The molecule has 0 fully saturated rings. The van der Waals surface area contributed by atoms with Crippen molar-refractivity contribution in [2.45, 2.75) is 27.7 Å². The SMILES string of the molecule is [CH2-][N+](=C(C)c1cccc(C(C)=[N+]([CH2-])c2c(C)cc(-c3ccccc3)cc2-c2ccccc2)n1)c1c(C)cc(-c2ccccc2)cc1-c1ccccc1.[Cl][Fe][Cl]. The molecular formula is C49H43Cl2FeN3. The third-order valence-corrected chi connectivity index (χ3v) is 9.82. The van der Waals surface area contributed by atoms with E-state index in [0.717, 1.165) is 67.6 Å². The second kappa shape index (κ2) is 18.3. The number of aryl methyl sites for hydroxylation is 2. The minimum absolute atomic E-state index is 0.194. The van der Waals surface area contributed by atoms with Gasteiger partial charge in [0, 0.05) is 14.1 Å². The molecule has 0 aliphatic carbocycles. The first-order valence-corrected chi connectivity index (χ1v) is 21.0. The Balaban J connectivity index is 0.00000166. The second-order valence-electron chi connectivity index (χ2n) is 13.3. The molecule has 0 aliphatic heterocycles. The zero-order valence-corrected chi connectivity index (χ0v) is 34.1. The number of pyridine rings is 1. The molecule has 0 atom stereocenters. The molecule has 0 unspecified atom stereocenters. The molecule has 0 aliphatic rings. The molecule has 0 amide bonds. The van der Waals surface area contributed by atoms with Gasteiger partial charge in [-0.1, -0.05) is 152 Å². The summed E-state index contributed by atoms with van der Waals surface area (Å²) in [4.78, 5) is 5.22. The molecule has 6 aromatic carbocycles. The van der Waals surface area contributed by atoms with E-state index < -0.39 is 0 Å². The van der Waals surface area contributed by atoms with E-state index in [4.69, 9.17) is 25.2 Å². The molecule has 1 heterocycles. The van der Waals surface area contributed by atoms with Crippen molar-refractivity contribution >= 4 is 43.0 Å². The molecule has 0 bridgehead atoms. The summed E-state index contributed by atoms with van der Waals surface area (Å²) in [6.07, 6.45) is 0. The van der Waals surface area contributed by atoms with Gasteiger partial charge in [-0.15, -0.1) is 0 Å². The van der Waals surface area contributed by atoms with Crippen LogP contribution in [0, 0.1) is 27.9 Å². The molecule has 0 radical (unpaired) electrons. The van der Waals surface area contributed by atoms with Crippen LogP contribution < -0.4 is 0 Å². The molecule has 0 N–H and O–H groups in total. The summed E-state index contributed by atoms with van der Waals surface area (Å²) in [5.41, 5.74) is 17.2. The first-order chi connectivity index (χ1) is 26.7. The van der Waals surface area contributed by atoms with E-state index >= 15 is 0 Å². The van der Waals surface area contributed by atoms with Gasteiger partial charge in [-0.2, -0.15) is 0 Å². The van der Waals surface area contributed by atoms with Gasteiger partial charge in [-0.25, -0.2) is 0 Å². The summed E-state index contributed by atoms with van der Waals surface area (Å²) in [5.74, 6) is 0. The van der Waals surface area contributed by atoms with E-state index in [1.165, 1.54) is 22.3 Å². The van der Waals surface area contributed by atoms with Gasteiger partial charge in [0.25, 0.3) is 0 Å².